The predicted octanol–water partition coefficient (Wildman–Crippen LogP) is 2.70. The Bertz CT molecular complexity index is 2620. The molecule has 1 atom stereocenters. The number of pyridine rings is 1. The third-order valence-corrected chi connectivity index (χ3v) is 12.2. The number of aromatic nitrogens is 5. The van der Waals surface area contributed by atoms with Gasteiger partial charge in [-0.2, -0.15) is 0 Å². The molecule has 1 aliphatic carbocycles. The third kappa shape index (κ3) is 8.83. The van der Waals surface area contributed by atoms with Crippen LogP contribution in [0.1, 0.15) is 80.6 Å². The second-order valence-corrected chi connectivity index (χ2v) is 16.5. The smallest absolute Gasteiger partial charge is 0.270 e. The molecule has 2 saturated heterocycles. The summed E-state index contributed by atoms with van der Waals surface area (Å²) in [6.07, 6.45) is 5.80. The molecule has 19 nitrogen and oxygen atoms in total. The second kappa shape index (κ2) is 18.2. The molecule has 0 bridgehead atoms. The zero-order chi connectivity index (χ0) is 44.3. The number of fused-ring (bicyclic) bond motifs is 2. The molecule has 4 aliphatic rings. The molecule has 19 heteroatoms. The number of benzene rings is 2. The van der Waals surface area contributed by atoms with Crippen molar-refractivity contribution in [1.82, 2.24) is 49.8 Å². The lowest BCUT2D eigenvalue weighted by Gasteiger charge is -2.36. The summed E-state index contributed by atoms with van der Waals surface area (Å²) in [6.45, 7) is 6.26. The minimum Gasteiger partial charge on any atom is -0.494 e. The SMILES string of the molecule is Cc1cccc(C(=O)NC2CC(n3cnc4c(NCc5ccc(OCCCN6CCN(C(=O)CNc7cccc8c7C(=O)N([C@H]7CCC(=O)NC7=O)C8=O)CC6)cc5)ncnc43)C2)n1. The van der Waals surface area contributed by atoms with Gasteiger partial charge in [0.1, 0.15) is 29.3 Å². The van der Waals surface area contributed by atoms with Gasteiger partial charge in [-0.15, -0.1) is 0 Å². The van der Waals surface area contributed by atoms with E-state index in [0.717, 1.165) is 53.4 Å². The predicted molar refractivity (Wildman–Crippen MR) is 232 cm³/mol. The molecule has 64 heavy (non-hydrogen) atoms. The summed E-state index contributed by atoms with van der Waals surface area (Å²) >= 11 is 0. The molecular formula is C45H48N12O7. The Kier molecular flexibility index (Phi) is 12.0. The van der Waals surface area contributed by atoms with E-state index in [4.69, 9.17) is 4.74 Å². The third-order valence-electron chi connectivity index (χ3n) is 12.2. The van der Waals surface area contributed by atoms with E-state index in [1.165, 1.54) is 12.4 Å². The van der Waals surface area contributed by atoms with Crippen LogP contribution in [0.2, 0.25) is 0 Å². The summed E-state index contributed by atoms with van der Waals surface area (Å²) in [4.78, 5) is 99.4. The molecule has 0 radical (unpaired) electrons. The Morgan fingerprint density at radius 3 is 2.47 bits per heavy atom. The van der Waals surface area contributed by atoms with Crippen molar-refractivity contribution in [2.45, 2.75) is 63.7 Å². The monoisotopic (exact) mass is 868 g/mol. The van der Waals surface area contributed by atoms with Gasteiger partial charge in [-0.05, 0) is 74.6 Å². The van der Waals surface area contributed by atoms with Gasteiger partial charge in [-0.3, -0.25) is 43.9 Å². The van der Waals surface area contributed by atoms with Crippen molar-refractivity contribution in [3.63, 3.8) is 0 Å². The van der Waals surface area contributed by atoms with Gasteiger partial charge in [0.25, 0.3) is 17.7 Å². The highest BCUT2D eigenvalue weighted by Gasteiger charge is 2.45. The number of hydrogen-bond donors (Lipinski definition) is 4. The first-order chi connectivity index (χ1) is 31.1. The van der Waals surface area contributed by atoms with Gasteiger partial charge in [-0.1, -0.05) is 24.3 Å². The van der Waals surface area contributed by atoms with Gasteiger partial charge < -0.3 is 30.2 Å². The van der Waals surface area contributed by atoms with Crippen molar-refractivity contribution in [3.05, 3.63) is 101 Å². The number of imide groups is 2. The zero-order valence-electron chi connectivity index (χ0n) is 35.3. The average molecular weight is 869 g/mol. The largest absolute Gasteiger partial charge is 0.494 e. The van der Waals surface area contributed by atoms with Crippen molar-refractivity contribution in [1.29, 1.82) is 0 Å². The number of carbonyl (C=O) groups is 6. The van der Waals surface area contributed by atoms with E-state index in [2.05, 4.69) is 50.7 Å². The van der Waals surface area contributed by atoms with Crippen LogP contribution in [0, 0.1) is 6.92 Å². The Labute approximate surface area is 368 Å². The Hall–Kier alpha value is -7.28. The van der Waals surface area contributed by atoms with E-state index in [0.29, 0.717) is 62.0 Å². The van der Waals surface area contributed by atoms with Crippen molar-refractivity contribution < 1.29 is 33.5 Å². The number of rotatable bonds is 15. The summed E-state index contributed by atoms with van der Waals surface area (Å²) in [5, 5.41) is 11.7. The molecular weight excluding hydrogens is 821 g/mol. The fraction of sp³-hybridized carbons (Fsp3) is 0.378. The molecule has 2 aromatic carbocycles. The molecule has 3 fully saturated rings. The van der Waals surface area contributed by atoms with Crippen LogP contribution in [-0.2, 0) is 20.9 Å². The highest BCUT2D eigenvalue weighted by Crippen LogP contribution is 2.35. The van der Waals surface area contributed by atoms with Gasteiger partial charge in [0.2, 0.25) is 17.7 Å². The number of piperidine rings is 1. The van der Waals surface area contributed by atoms with Crippen LogP contribution in [0.3, 0.4) is 0 Å². The maximum atomic E-state index is 13.4. The normalized spacial score (nSPS) is 19.9. The Morgan fingerprint density at radius 2 is 1.69 bits per heavy atom. The van der Waals surface area contributed by atoms with E-state index < -0.39 is 29.7 Å². The number of carbonyl (C=O) groups excluding carboxylic acids is 6. The van der Waals surface area contributed by atoms with Crippen LogP contribution >= 0.6 is 0 Å². The number of ether oxygens (including phenoxy) is 1. The molecule has 3 aromatic heterocycles. The molecule has 6 amide bonds. The second-order valence-electron chi connectivity index (χ2n) is 16.5. The Balaban J connectivity index is 0.674. The van der Waals surface area contributed by atoms with Crippen molar-refractivity contribution in [3.8, 4) is 5.75 Å². The number of piperazine rings is 1. The van der Waals surface area contributed by atoms with Crippen LogP contribution in [0.4, 0.5) is 11.5 Å². The minimum absolute atomic E-state index is 0.0352. The van der Waals surface area contributed by atoms with Crippen LogP contribution < -0.4 is 26.0 Å². The summed E-state index contributed by atoms with van der Waals surface area (Å²) in [7, 11) is 0. The zero-order valence-corrected chi connectivity index (χ0v) is 35.3. The molecule has 5 aromatic rings. The molecule has 1 saturated carbocycles. The van der Waals surface area contributed by atoms with E-state index in [1.807, 2.05) is 43.3 Å². The fourth-order valence-corrected chi connectivity index (χ4v) is 8.64. The highest BCUT2D eigenvalue weighted by atomic mass is 16.5. The first-order valence-electron chi connectivity index (χ1n) is 21.6. The van der Waals surface area contributed by atoms with Gasteiger partial charge in [0, 0.05) is 69.2 Å². The molecule has 0 spiro atoms. The first kappa shape index (κ1) is 42.0. The summed E-state index contributed by atoms with van der Waals surface area (Å²) in [5.41, 5.74) is 4.34. The lowest BCUT2D eigenvalue weighted by Crippen LogP contribution is -2.54. The number of amides is 6. The quantitative estimate of drug-likeness (QED) is 0.0878. The van der Waals surface area contributed by atoms with Crippen molar-refractivity contribution in [2.24, 2.45) is 0 Å². The molecule has 330 valence electrons. The minimum atomic E-state index is -1.06. The van der Waals surface area contributed by atoms with Crippen molar-refractivity contribution >= 4 is 58.1 Å². The number of imidazole rings is 1. The van der Waals surface area contributed by atoms with Crippen LogP contribution in [0.5, 0.6) is 5.75 Å². The van der Waals surface area contributed by atoms with Crippen LogP contribution in [-0.4, -0.2) is 133 Å². The van der Waals surface area contributed by atoms with E-state index >= 15 is 0 Å². The van der Waals surface area contributed by atoms with Gasteiger partial charge in [-0.25, -0.2) is 19.9 Å². The number of nitrogens with zero attached hydrogens (tertiary/aromatic N) is 8. The number of anilines is 2. The van der Waals surface area contributed by atoms with E-state index in [-0.39, 0.29) is 54.4 Å². The molecule has 9 rings (SSSR count). The maximum Gasteiger partial charge on any atom is 0.270 e. The molecule has 6 heterocycles. The van der Waals surface area contributed by atoms with E-state index in [1.54, 1.807) is 29.4 Å². The lowest BCUT2D eigenvalue weighted by atomic mass is 9.86. The summed E-state index contributed by atoms with van der Waals surface area (Å²) < 4.78 is 8.09. The summed E-state index contributed by atoms with van der Waals surface area (Å²) in [6, 6.07) is 17.3. The topological polar surface area (TPSA) is 226 Å². The molecule has 4 N–H and O–H groups in total. The maximum absolute atomic E-state index is 13.4. The number of nitrogens with one attached hydrogen (secondary N) is 4. The lowest BCUT2D eigenvalue weighted by molar-refractivity contribution is -0.136. The summed E-state index contributed by atoms with van der Waals surface area (Å²) in [5.74, 6) is -1.20. The van der Waals surface area contributed by atoms with Crippen molar-refractivity contribution in [2.75, 3.05) is 56.5 Å². The average Bonchev–Trinajstić information content (AvgIpc) is 3.83. The van der Waals surface area contributed by atoms with E-state index in [9.17, 15) is 28.8 Å². The first-order valence-corrected chi connectivity index (χ1v) is 21.6. The fourth-order valence-electron chi connectivity index (χ4n) is 8.64. The van der Waals surface area contributed by atoms with Gasteiger partial charge in [0.15, 0.2) is 11.5 Å². The van der Waals surface area contributed by atoms with Gasteiger partial charge in [0.05, 0.1) is 30.6 Å². The van der Waals surface area contributed by atoms with Crippen LogP contribution in [0.15, 0.2) is 73.3 Å². The molecule has 0 unspecified atom stereocenters. The highest BCUT2D eigenvalue weighted by molar-refractivity contribution is 6.25. The number of aryl methyl sites for hydroxylation is 1. The number of hydrogen-bond acceptors (Lipinski definition) is 14. The standard InChI is InChI=1S/C45H48N12O7/c1-27-5-2-8-34(51-27)42(60)52-29-21-30(22-29)56-26-50-39-40(48-25-49-41(39)56)47-23-28-9-11-31(12-10-28)64-20-4-15-54-16-18-55(19-17-54)37(59)24-46-33-7-3-6-32-38(33)45(63)57(44(32)62)35-13-14-36(58)53-43(35)61/h2-3,5-12,25-26,29-30,35,46H,4,13-24H2,1H3,(H,52,60)(H,47,48,49)(H,53,58,61)/t29?,30?,35-/m0/s1. The molecule has 3 aliphatic heterocycles. The van der Waals surface area contributed by atoms with Gasteiger partial charge >= 0.3 is 0 Å². The van der Waals surface area contributed by atoms with Crippen LogP contribution in [0.25, 0.3) is 11.2 Å². The Morgan fingerprint density at radius 1 is 0.891 bits per heavy atom.